The topological polar surface area (TPSA) is 12.9 Å². The van der Waals surface area contributed by atoms with E-state index in [0.29, 0.717) is 0 Å². The van der Waals surface area contributed by atoms with Crippen molar-refractivity contribution in [2.75, 3.05) is 0 Å². The molecule has 1 nitrogen and oxygen atoms in total. The number of thiophene rings is 2. The smallest absolute Gasteiger partial charge is 0.0880 e. The zero-order valence-electron chi connectivity index (χ0n) is 11.3. The third-order valence-corrected chi connectivity index (χ3v) is 5.74. The first-order valence-corrected chi connectivity index (χ1v) is 8.25. The molecule has 0 radical (unpaired) electrons. The van der Waals surface area contributed by atoms with Crippen molar-refractivity contribution in [3.63, 3.8) is 0 Å². The first-order chi connectivity index (χ1) is 9.72. The Labute approximate surface area is 125 Å². The van der Waals surface area contributed by atoms with E-state index in [1.807, 2.05) is 28.9 Å². The Bertz CT molecular complexity index is 910. The maximum absolute atomic E-state index is 4.65. The second kappa shape index (κ2) is 4.40. The minimum absolute atomic E-state index is 1.11. The minimum atomic E-state index is 1.11. The van der Waals surface area contributed by atoms with Gasteiger partial charge in [0.2, 0.25) is 0 Å². The van der Waals surface area contributed by atoms with Gasteiger partial charge in [-0.3, -0.25) is 4.98 Å². The summed E-state index contributed by atoms with van der Waals surface area (Å²) in [7, 11) is 0. The van der Waals surface area contributed by atoms with E-state index in [1.54, 1.807) is 0 Å². The molecule has 3 heterocycles. The van der Waals surface area contributed by atoms with E-state index in [1.165, 1.54) is 36.2 Å². The van der Waals surface area contributed by atoms with E-state index in [0.717, 1.165) is 5.69 Å². The van der Waals surface area contributed by atoms with E-state index in [2.05, 4.69) is 54.5 Å². The van der Waals surface area contributed by atoms with Gasteiger partial charge in [0.25, 0.3) is 0 Å². The Kier molecular flexibility index (Phi) is 2.65. The molecule has 0 bridgehead atoms. The molecule has 0 saturated carbocycles. The van der Waals surface area contributed by atoms with Crippen molar-refractivity contribution in [2.45, 2.75) is 13.8 Å². The molecule has 0 unspecified atom stereocenters. The monoisotopic (exact) mass is 295 g/mol. The Morgan fingerprint density at radius 1 is 0.950 bits per heavy atom. The molecule has 20 heavy (non-hydrogen) atoms. The Morgan fingerprint density at radius 2 is 1.75 bits per heavy atom. The van der Waals surface area contributed by atoms with Crippen molar-refractivity contribution >= 4 is 42.2 Å². The van der Waals surface area contributed by atoms with Crippen LogP contribution in [0, 0.1) is 13.8 Å². The maximum Gasteiger partial charge on any atom is 0.0880 e. The van der Waals surface area contributed by atoms with Gasteiger partial charge >= 0.3 is 0 Å². The van der Waals surface area contributed by atoms with Crippen molar-refractivity contribution in [3.05, 3.63) is 53.0 Å². The third kappa shape index (κ3) is 1.78. The van der Waals surface area contributed by atoms with Crippen molar-refractivity contribution in [3.8, 4) is 11.3 Å². The highest BCUT2D eigenvalue weighted by Gasteiger charge is 2.12. The van der Waals surface area contributed by atoms with Crippen molar-refractivity contribution < 1.29 is 0 Å². The number of nitrogens with zero attached hydrogens (tertiary/aromatic N) is 1. The van der Waals surface area contributed by atoms with Crippen LogP contribution in [0.5, 0.6) is 0 Å². The molecular weight excluding hydrogens is 282 g/mol. The van der Waals surface area contributed by atoms with Gasteiger partial charge in [-0.25, -0.2) is 0 Å². The molecule has 4 aromatic rings. The zero-order valence-corrected chi connectivity index (χ0v) is 12.9. The number of pyridine rings is 1. The SMILES string of the molecule is Cc1cc(C)cc(-c2nccc3c2sc2ccsc23)c1. The van der Waals surface area contributed by atoms with Crippen molar-refractivity contribution in [1.82, 2.24) is 4.98 Å². The first kappa shape index (κ1) is 12.1. The molecule has 0 aliphatic heterocycles. The second-order valence-corrected chi connectivity index (χ2v) is 7.10. The number of aromatic nitrogens is 1. The van der Waals surface area contributed by atoms with E-state index >= 15 is 0 Å². The fraction of sp³-hybridized carbons (Fsp3) is 0.118. The summed E-state index contributed by atoms with van der Waals surface area (Å²) in [6.45, 7) is 4.28. The molecule has 98 valence electrons. The highest BCUT2D eigenvalue weighted by molar-refractivity contribution is 7.32. The van der Waals surface area contributed by atoms with E-state index in [9.17, 15) is 0 Å². The lowest BCUT2D eigenvalue weighted by Crippen LogP contribution is -1.86. The first-order valence-electron chi connectivity index (χ1n) is 6.56. The summed E-state index contributed by atoms with van der Waals surface area (Å²) < 4.78 is 4.06. The van der Waals surface area contributed by atoms with Crippen LogP contribution in [0.1, 0.15) is 11.1 Å². The van der Waals surface area contributed by atoms with Gasteiger partial charge in [0, 0.05) is 21.8 Å². The van der Waals surface area contributed by atoms with Crippen molar-refractivity contribution in [1.29, 1.82) is 0 Å². The Morgan fingerprint density at radius 3 is 2.55 bits per heavy atom. The van der Waals surface area contributed by atoms with Crippen LogP contribution in [-0.2, 0) is 0 Å². The standard InChI is InChI=1S/C17H13NS2/c1-10-7-11(2)9-12(8-10)15-17-13(3-5-18-15)16-14(20-17)4-6-19-16/h3-9H,1-2H3. The summed E-state index contributed by atoms with van der Waals surface area (Å²) in [5.74, 6) is 0. The molecule has 0 atom stereocenters. The largest absolute Gasteiger partial charge is 0.255 e. The number of hydrogen-bond donors (Lipinski definition) is 0. The number of fused-ring (bicyclic) bond motifs is 3. The summed E-state index contributed by atoms with van der Waals surface area (Å²) in [4.78, 5) is 4.65. The molecule has 0 aliphatic rings. The highest BCUT2D eigenvalue weighted by Crippen LogP contribution is 2.41. The van der Waals surface area contributed by atoms with Crippen LogP contribution >= 0.6 is 22.7 Å². The van der Waals surface area contributed by atoms with Gasteiger partial charge in [-0.15, -0.1) is 22.7 Å². The predicted octanol–water partition coefficient (Wildman–Crippen LogP) is 5.79. The van der Waals surface area contributed by atoms with Gasteiger partial charge in [-0.2, -0.15) is 0 Å². The molecular formula is C17H13NS2. The molecule has 0 spiro atoms. The van der Waals surface area contributed by atoms with Gasteiger partial charge in [0.05, 0.1) is 15.1 Å². The van der Waals surface area contributed by atoms with Crippen LogP contribution in [0.15, 0.2) is 41.9 Å². The second-order valence-electron chi connectivity index (χ2n) is 5.13. The summed E-state index contributed by atoms with van der Waals surface area (Å²) in [5.41, 5.74) is 4.92. The molecule has 3 aromatic heterocycles. The predicted molar refractivity (Wildman–Crippen MR) is 89.9 cm³/mol. The van der Waals surface area contributed by atoms with Crippen LogP contribution in [-0.4, -0.2) is 4.98 Å². The number of hydrogen-bond acceptors (Lipinski definition) is 3. The molecule has 1 aromatic carbocycles. The van der Waals surface area contributed by atoms with E-state index < -0.39 is 0 Å². The van der Waals surface area contributed by atoms with Crippen LogP contribution in [0.4, 0.5) is 0 Å². The van der Waals surface area contributed by atoms with E-state index in [4.69, 9.17) is 0 Å². The summed E-state index contributed by atoms with van der Waals surface area (Å²) in [6, 6.07) is 11.0. The van der Waals surface area contributed by atoms with Crippen LogP contribution in [0.2, 0.25) is 0 Å². The lowest BCUT2D eigenvalue weighted by atomic mass is 10.0. The number of benzene rings is 1. The van der Waals surface area contributed by atoms with E-state index in [-0.39, 0.29) is 0 Å². The lowest BCUT2D eigenvalue weighted by Gasteiger charge is -2.05. The third-order valence-electron chi connectivity index (χ3n) is 3.49. The molecule has 3 heteroatoms. The summed E-state index contributed by atoms with van der Waals surface area (Å²) in [6.07, 6.45) is 1.93. The Balaban J connectivity index is 2.08. The Hall–Kier alpha value is -1.71. The quantitative estimate of drug-likeness (QED) is 0.433. The molecule has 0 fully saturated rings. The van der Waals surface area contributed by atoms with Crippen molar-refractivity contribution in [2.24, 2.45) is 0 Å². The van der Waals surface area contributed by atoms with Crippen LogP contribution in [0.3, 0.4) is 0 Å². The maximum atomic E-state index is 4.65. The normalized spacial score (nSPS) is 11.5. The average Bonchev–Trinajstić information content (AvgIpc) is 2.97. The van der Waals surface area contributed by atoms with Gasteiger partial charge < -0.3 is 0 Å². The summed E-state index contributed by atoms with van der Waals surface area (Å²) >= 11 is 3.67. The van der Waals surface area contributed by atoms with Gasteiger partial charge in [-0.05, 0) is 43.5 Å². The fourth-order valence-corrected chi connectivity index (χ4v) is 5.08. The molecule has 0 saturated heterocycles. The molecule has 0 N–H and O–H groups in total. The molecule has 4 rings (SSSR count). The van der Waals surface area contributed by atoms with Gasteiger partial charge in [0.1, 0.15) is 0 Å². The summed E-state index contributed by atoms with van der Waals surface area (Å²) in [5, 5.41) is 3.50. The molecule has 0 aliphatic carbocycles. The highest BCUT2D eigenvalue weighted by atomic mass is 32.1. The number of rotatable bonds is 1. The lowest BCUT2D eigenvalue weighted by molar-refractivity contribution is 1.33. The van der Waals surface area contributed by atoms with Crippen LogP contribution < -0.4 is 0 Å². The van der Waals surface area contributed by atoms with Crippen LogP contribution in [0.25, 0.3) is 30.7 Å². The van der Waals surface area contributed by atoms with Gasteiger partial charge in [-0.1, -0.05) is 17.2 Å². The number of aryl methyl sites for hydroxylation is 2. The van der Waals surface area contributed by atoms with Gasteiger partial charge in [0.15, 0.2) is 0 Å². The fourth-order valence-electron chi connectivity index (χ4n) is 2.73. The zero-order chi connectivity index (χ0) is 13.7. The molecule has 0 amide bonds. The minimum Gasteiger partial charge on any atom is -0.255 e. The average molecular weight is 295 g/mol.